The molecule has 0 amide bonds. The molecule has 0 unspecified atom stereocenters. The molecule has 3 rings (SSSR count). The van der Waals surface area contributed by atoms with E-state index in [1.165, 1.54) is 20.1 Å². The number of allylic oxidation sites excluding steroid dienone is 3. The van der Waals surface area contributed by atoms with E-state index in [-0.39, 0.29) is 24.3 Å². The number of carbonyl (C=O) groups is 2. The van der Waals surface area contributed by atoms with Gasteiger partial charge >= 0.3 is 5.97 Å². The smallest absolute Gasteiger partial charge is 0.342 e. The molecule has 0 saturated carbocycles. The van der Waals surface area contributed by atoms with Gasteiger partial charge in [0, 0.05) is 18.1 Å². The topological polar surface area (TPSA) is 102 Å². The van der Waals surface area contributed by atoms with Gasteiger partial charge in [-0.15, -0.1) is 0 Å². The summed E-state index contributed by atoms with van der Waals surface area (Å²) in [5.41, 5.74) is -0.450. The second kappa shape index (κ2) is 7.75. The summed E-state index contributed by atoms with van der Waals surface area (Å²) < 4.78 is 16.1. The molecule has 1 aliphatic heterocycles. The number of ketones is 1. The number of esters is 1. The van der Waals surface area contributed by atoms with Crippen molar-refractivity contribution in [2.75, 3.05) is 13.7 Å². The number of aryl methyl sites for hydroxylation is 1. The van der Waals surface area contributed by atoms with Crippen LogP contribution in [-0.2, 0) is 14.3 Å². The Morgan fingerprint density at radius 1 is 1.38 bits per heavy atom. The second-order valence-electron chi connectivity index (χ2n) is 7.25. The summed E-state index contributed by atoms with van der Waals surface area (Å²) in [4.78, 5) is 25.6. The first-order chi connectivity index (χ1) is 13.7. The third-order valence-corrected chi connectivity index (χ3v) is 5.16. The van der Waals surface area contributed by atoms with Crippen molar-refractivity contribution in [2.45, 2.75) is 38.9 Å². The first-order valence-electron chi connectivity index (χ1n) is 9.24. The number of phenolic OH excluding ortho intramolecular Hbond substituents is 1. The number of hydrogen-bond acceptors (Lipinski definition) is 7. The third kappa shape index (κ3) is 3.78. The normalized spacial score (nSPS) is 24.1. The van der Waals surface area contributed by atoms with E-state index in [1.54, 1.807) is 25.1 Å². The van der Waals surface area contributed by atoms with Crippen LogP contribution >= 0.6 is 0 Å². The highest BCUT2D eigenvalue weighted by Gasteiger charge is 2.48. The maximum absolute atomic E-state index is 12.8. The zero-order valence-corrected chi connectivity index (χ0v) is 16.8. The van der Waals surface area contributed by atoms with E-state index >= 15 is 0 Å². The molecule has 0 aromatic heterocycles. The Morgan fingerprint density at radius 2 is 2.10 bits per heavy atom. The molecular formula is C22H24O7. The van der Waals surface area contributed by atoms with Gasteiger partial charge in [-0.25, -0.2) is 4.79 Å². The highest BCUT2D eigenvalue weighted by Crippen LogP contribution is 2.37. The van der Waals surface area contributed by atoms with Gasteiger partial charge in [0.1, 0.15) is 35.5 Å². The largest absolute Gasteiger partial charge is 0.507 e. The van der Waals surface area contributed by atoms with Crippen LogP contribution < -0.4 is 4.74 Å². The van der Waals surface area contributed by atoms with Crippen molar-refractivity contribution in [2.24, 2.45) is 0 Å². The van der Waals surface area contributed by atoms with Crippen LogP contribution in [0.25, 0.3) is 0 Å². The predicted octanol–water partition coefficient (Wildman–Crippen LogP) is 2.75. The van der Waals surface area contributed by atoms with Crippen molar-refractivity contribution < 1.29 is 34.0 Å². The van der Waals surface area contributed by atoms with E-state index < -0.39 is 23.5 Å². The van der Waals surface area contributed by atoms with Gasteiger partial charge in [-0.05, 0) is 50.1 Å². The number of benzene rings is 1. The van der Waals surface area contributed by atoms with Crippen LogP contribution in [-0.4, -0.2) is 47.4 Å². The zero-order chi connectivity index (χ0) is 21.3. The van der Waals surface area contributed by atoms with Gasteiger partial charge in [-0.1, -0.05) is 6.08 Å². The molecule has 154 valence electrons. The van der Waals surface area contributed by atoms with Gasteiger partial charge in [0.2, 0.25) is 0 Å². The molecule has 2 aliphatic rings. The number of Topliss-reactive ketones (excluding diaryl/α,β-unsaturated/α-hetero) is 1. The van der Waals surface area contributed by atoms with Gasteiger partial charge < -0.3 is 24.4 Å². The molecule has 0 saturated heterocycles. The molecule has 7 nitrogen and oxygen atoms in total. The third-order valence-electron chi connectivity index (χ3n) is 5.16. The van der Waals surface area contributed by atoms with Gasteiger partial charge in [0.25, 0.3) is 0 Å². The lowest BCUT2D eigenvalue weighted by Crippen LogP contribution is -2.53. The average Bonchev–Trinajstić information content (AvgIpc) is 2.65. The van der Waals surface area contributed by atoms with E-state index in [9.17, 15) is 19.8 Å². The lowest BCUT2D eigenvalue weighted by atomic mass is 9.77. The minimum atomic E-state index is -1.90. The van der Waals surface area contributed by atoms with Crippen molar-refractivity contribution in [1.82, 2.24) is 0 Å². The number of methoxy groups -OCH3 is 1. The fraction of sp³-hybridized carbons (Fsp3) is 0.364. The van der Waals surface area contributed by atoms with E-state index in [4.69, 9.17) is 14.2 Å². The van der Waals surface area contributed by atoms with E-state index in [0.29, 0.717) is 28.2 Å². The molecule has 1 aromatic rings. The van der Waals surface area contributed by atoms with Crippen LogP contribution in [0.4, 0.5) is 0 Å². The van der Waals surface area contributed by atoms with Gasteiger partial charge in [0.05, 0.1) is 7.11 Å². The molecule has 0 spiro atoms. The molecule has 0 radical (unpaired) electrons. The second-order valence-corrected chi connectivity index (χ2v) is 7.25. The SMILES string of the molecule is CC=CC1=CC2=C(CO1)C(=O)[C@](C)(O)[C@H](OC(=O)c1c(C)cc(OC)cc1O)C2. The van der Waals surface area contributed by atoms with Crippen molar-refractivity contribution in [1.29, 1.82) is 0 Å². The van der Waals surface area contributed by atoms with Crippen LogP contribution in [0, 0.1) is 6.92 Å². The number of hydrogen-bond donors (Lipinski definition) is 2. The van der Waals surface area contributed by atoms with Crippen molar-refractivity contribution in [3.05, 3.63) is 58.4 Å². The lowest BCUT2D eigenvalue weighted by molar-refractivity contribution is -0.146. The monoisotopic (exact) mass is 400 g/mol. The minimum absolute atomic E-state index is 0.0362. The Labute approximate surface area is 168 Å². The molecule has 2 atom stereocenters. The summed E-state index contributed by atoms with van der Waals surface area (Å²) in [6.45, 7) is 4.86. The standard InChI is InChI=1S/C22H24O7/c1-5-6-14-8-13-9-18(22(3,26)20(24)16(13)11-28-14)29-21(25)19-12(2)7-15(27-4)10-17(19)23/h5-8,10,18,23,26H,9,11H2,1-4H3/t18-,22-/m1/s1. The first-order valence-corrected chi connectivity index (χ1v) is 9.24. The van der Waals surface area contributed by atoms with E-state index in [0.717, 1.165) is 0 Å². The maximum atomic E-state index is 12.8. The summed E-state index contributed by atoms with van der Waals surface area (Å²) in [5.74, 6) is -0.670. The predicted molar refractivity (Wildman–Crippen MR) is 105 cm³/mol. The number of phenols is 1. The fourth-order valence-corrected chi connectivity index (χ4v) is 3.52. The summed E-state index contributed by atoms with van der Waals surface area (Å²) >= 11 is 0. The van der Waals surface area contributed by atoms with Gasteiger partial charge in [0.15, 0.2) is 11.4 Å². The van der Waals surface area contributed by atoms with Crippen LogP contribution in [0.15, 0.2) is 47.3 Å². The Bertz CT molecular complexity index is 927. The van der Waals surface area contributed by atoms with Crippen LogP contribution in [0.1, 0.15) is 36.2 Å². The Kier molecular flexibility index (Phi) is 5.53. The highest BCUT2D eigenvalue weighted by atomic mass is 16.6. The quantitative estimate of drug-likeness (QED) is 0.749. The molecule has 0 fully saturated rings. The number of aliphatic hydroxyl groups is 1. The summed E-state index contributed by atoms with van der Waals surface area (Å²) in [6.07, 6.45) is 4.33. The van der Waals surface area contributed by atoms with Gasteiger partial charge in [-0.3, -0.25) is 4.79 Å². The number of ether oxygens (including phenoxy) is 3. The van der Waals surface area contributed by atoms with Crippen LogP contribution in [0.3, 0.4) is 0 Å². The molecular weight excluding hydrogens is 376 g/mol. The Morgan fingerprint density at radius 3 is 2.72 bits per heavy atom. The number of carbonyl (C=O) groups excluding carboxylic acids is 2. The molecule has 1 aromatic carbocycles. The van der Waals surface area contributed by atoms with Crippen LogP contribution in [0.5, 0.6) is 11.5 Å². The first kappa shape index (κ1) is 20.7. The molecule has 7 heteroatoms. The summed E-state index contributed by atoms with van der Waals surface area (Å²) in [6, 6.07) is 2.89. The van der Waals surface area contributed by atoms with Crippen LogP contribution in [0.2, 0.25) is 0 Å². The summed E-state index contributed by atoms with van der Waals surface area (Å²) in [5, 5.41) is 21.0. The van der Waals surface area contributed by atoms with E-state index in [2.05, 4.69) is 0 Å². The fourth-order valence-electron chi connectivity index (χ4n) is 3.52. The molecule has 0 bridgehead atoms. The Balaban J connectivity index is 1.91. The van der Waals surface area contributed by atoms with Crippen molar-refractivity contribution in [3.63, 3.8) is 0 Å². The minimum Gasteiger partial charge on any atom is -0.507 e. The van der Waals surface area contributed by atoms with Crippen molar-refractivity contribution in [3.8, 4) is 11.5 Å². The number of rotatable bonds is 4. The highest BCUT2D eigenvalue weighted by molar-refractivity contribution is 6.05. The average molecular weight is 400 g/mol. The lowest BCUT2D eigenvalue weighted by Gasteiger charge is -2.38. The number of aromatic hydroxyl groups is 1. The molecule has 1 aliphatic carbocycles. The molecule has 29 heavy (non-hydrogen) atoms. The molecule has 1 heterocycles. The maximum Gasteiger partial charge on any atom is 0.342 e. The summed E-state index contributed by atoms with van der Waals surface area (Å²) in [7, 11) is 1.45. The van der Waals surface area contributed by atoms with Crippen molar-refractivity contribution >= 4 is 11.8 Å². The molecule has 2 N–H and O–H groups in total. The zero-order valence-electron chi connectivity index (χ0n) is 16.8. The Hall–Kier alpha value is -3.06. The van der Waals surface area contributed by atoms with E-state index in [1.807, 2.05) is 13.0 Å². The van der Waals surface area contributed by atoms with Gasteiger partial charge in [-0.2, -0.15) is 0 Å².